The van der Waals surface area contributed by atoms with E-state index in [0.717, 1.165) is 0 Å². The van der Waals surface area contributed by atoms with Gasteiger partial charge in [-0.1, -0.05) is 73.5 Å². The lowest BCUT2D eigenvalue weighted by Gasteiger charge is -2.03. The summed E-state index contributed by atoms with van der Waals surface area (Å²) in [6.07, 6.45) is 14.0. The molecule has 0 fully saturated rings. The Labute approximate surface area is 91.9 Å². The molecule has 0 N–H and O–H groups in total. The zero-order valence-corrected chi connectivity index (χ0v) is 10.6. The smallest absolute Gasteiger partial charge is 0.0325 e. The van der Waals surface area contributed by atoms with Crippen LogP contribution in [-0.4, -0.2) is 4.83 Å². The third-order valence-electron chi connectivity index (χ3n) is 2.23. The second-order valence-electron chi connectivity index (χ2n) is 3.60. The molecule has 0 spiro atoms. The third-order valence-corrected chi connectivity index (χ3v) is 3.00. The molecule has 0 saturated heterocycles. The summed E-state index contributed by atoms with van der Waals surface area (Å²) in [5, 5.41) is 0. The maximum atomic E-state index is 3.63. The van der Waals surface area contributed by atoms with E-state index in [2.05, 4.69) is 41.9 Å². The number of halogens is 1. The average molecular weight is 247 g/mol. The van der Waals surface area contributed by atoms with Gasteiger partial charge in [-0.3, -0.25) is 0 Å². The van der Waals surface area contributed by atoms with E-state index in [0.29, 0.717) is 4.83 Å². The van der Waals surface area contributed by atoms with E-state index < -0.39 is 0 Å². The van der Waals surface area contributed by atoms with Crippen LogP contribution in [0.25, 0.3) is 0 Å². The third kappa shape index (κ3) is 10.1. The Balaban J connectivity index is 3.06. The van der Waals surface area contributed by atoms with Crippen LogP contribution in [0.1, 0.15) is 58.8 Å². The maximum absolute atomic E-state index is 3.63. The molecule has 0 nitrogen and oxygen atoms in total. The molecule has 78 valence electrons. The highest BCUT2D eigenvalue weighted by molar-refractivity contribution is 9.09. The topological polar surface area (TPSA) is 0 Å². The number of hydrogen-bond donors (Lipinski definition) is 0. The first-order chi connectivity index (χ1) is 6.31. The molecule has 0 aromatic carbocycles. The van der Waals surface area contributed by atoms with E-state index in [4.69, 9.17) is 0 Å². The molecule has 1 heteroatoms. The van der Waals surface area contributed by atoms with Crippen LogP contribution in [-0.2, 0) is 0 Å². The van der Waals surface area contributed by atoms with Gasteiger partial charge in [0.05, 0.1) is 0 Å². The number of unbranched alkanes of at least 4 members (excludes halogenated alkanes) is 5. The molecule has 1 unspecified atom stereocenters. The Kier molecular flexibility index (Phi) is 10.5. The van der Waals surface area contributed by atoms with Gasteiger partial charge in [0.2, 0.25) is 0 Å². The van der Waals surface area contributed by atoms with Gasteiger partial charge >= 0.3 is 0 Å². The molecular weight excluding hydrogens is 224 g/mol. The predicted molar refractivity (Wildman–Crippen MR) is 65.5 cm³/mol. The molecular formula is C12H23Br. The lowest BCUT2D eigenvalue weighted by atomic mass is 10.1. The Morgan fingerprint density at radius 2 is 1.69 bits per heavy atom. The monoisotopic (exact) mass is 246 g/mol. The van der Waals surface area contributed by atoms with Gasteiger partial charge in [0.1, 0.15) is 0 Å². The Morgan fingerprint density at radius 3 is 2.31 bits per heavy atom. The van der Waals surface area contributed by atoms with Crippen molar-refractivity contribution in [3.63, 3.8) is 0 Å². The molecule has 0 aromatic heterocycles. The molecule has 0 rings (SSSR count). The molecule has 0 aromatic rings. The number of alkyl halides is 1. The van der Waals surface area contributed by atoms with Gasteiger partial charge in [0, 0.05) is 4.83 Å². The summed E-state index contributed by atoms with van der Waals surface area (Å²) in [6.45, 7) is 4.34. The van der Waals surface area contributed by atoms with Gasteiger partial charge in [-0.2, -0.15) is 0 Å². The molecule has 0 aliphatic carbocycles. The zero-order valence-electron chi connectivity index (χ0n) is 9.06. The van der Waals surface area contributed by atoms with E-state index in [1.165, 1.54) is 44.9 Å². The van der Waals surface area contributed by atoms with Gasteiger partial charge in [-0.15, -0.1) is 0 Å². The van der Waals surface area contributed by atoms with Crippen molar-refractivity contribution in [3.05, 3.63) is 12.2 Å². The van der Waals surface area contributed by atoms with Crippen LogP contribution in [0.15, 0.2) is 12.2 Å². The van der Waals surface area contributed by atoms with Crippen LogP contribution >= 0.6 is 15.9 Å². The fraction of sp³-hybridized carbons (Fsp3) is 0.833. The molecule has 0 heterocycles. The Morgan fingerprint density at radius 1 is 1.08 bits per heavy atom. The molecule has 1 atom stereocenters. The first kappa shape index (κ1) is 13.2. The summed E-state index contributed by atoms with van der Waals surface area (Å²) < 4.78 is 0. The SMILES string of the molecule is C/C=C/C(Br)CCCCCCCC. The highest BCUT2D eigenvalue weighted by atomic mass is 79.9. The van der Waals surface area contributed by atoms with E-state index in [1.807, 2.05) is 0 Å². The van der Waals surface area contributed by atoms with Gasteiger partial charge in [0.25, 0.3) is 0 Å². The van der Waals surface area contributed by atoms with Crippen molar-refractivity contribution in [3.8, 4) is 0 Å². The lowest BCUT2D eigenvalue weighted by molar-refractivity contribution is 0.596. The standard InChI is InChI=1S/C12H23Br/c1-3-5-6-7-8-9-11-12(13)10-4-2/h4,10,12H,3,5-9,11H2,1-2H3/b10-4+. The minimum atomic E-state index is 0.601. The predicted octanol–water partition coefficient (Wildman–Crippen LogP) is 5.08. The van der Waals surface area contributed by atoms with Crippen LogP contribution in [0.4, 0.5) is 0 Å². The summed E-state index contributed by atoms with van der Waals surface area (Å²) in [6, 6.07) is 0. The molecule has 0 aliphatic heterocycles. The molecule has 0 amide bonds. The molecule has 0 radical (unpaired) electrons. The summed E-state index contributed by atoms with van der Waals surface area (Å²) in [5.41, 5.74) is 0. The molecule has 0 bridgehead atoms. The van der Waals surface area contributed by atoms with Gasteiger partial charge < -0.3 is 0 Å². The van der Waals surface area contributed by atoms with Crippen molar-refractivity contribution in [2.24, 2.45) is 0 Å². The van der Waals surface area contributed by atoms with Crippen molar-refractivity contribution in [1.29, 1.82) is 0 Å². The molecule has 0 saturated carbocycles. The van der Waals surface area contributed by atoms with Crippen molar-refractivity contribution in [2.45, 2.75) is 63.6 Å². The summed E-state index contributed by atoms with van der Waals surface area (Å²) in [7, 11) is 0. The quantitative estimate of drug-likeness (QED) is 0.319. The number of hydrogen-bond acceptors (Lipinski definition) is 0. The van der Waals surface area contributed by atoms with E-state index in [1.54, 1.807) is 0 Å². The van der Waals surface area contributed by atoms with Crippen LogP contribution < -0.4 is 0 Å². The van der Waals surface area contributed by atoms with Crippen LogP contribution in [0.3, 0.4) is 0 Å². The first-order valence-electron chi connectivity index (χ1n) is 5.58. The second-order valence-corrected chi connectivity index (χ2v) is 4.77. The zero-order chi connectivity index (χ0) is 9.94. The maximum Gasteiger partial charge on any atom is 0.0325 e. The Hall–Kier alpha value is 0.220. The van der Waals surface area contributed by atoms with Crippen molar-refractivity contribution >= 4 is 15.9 Å². The van der Waals surface area contributed by atoms with Crippen molar-refractivity contribution in [2.75, 3.05) is 0 Å². The van der Waals surface area contributed by atoms with Crippen molar-refractivity contribution < 1.29 is 0 Å². The van der Waals surface area contributed by atoms with E-state index >= 15 is 0 Å². The fourth-order valence-electron chi connectivity index (χ4n) is 1.42. The lowest BCUT2D eigenvalue weighted by Crippen LogP contribution is -1.91. The first-order valence-corrected chi connectivity index (χ1v) is 6.49. The Bertz CT molecular complexity index is 118. The summed E-state index contributed by atoms with van der Waals surface area (Å²) in [5.74, 6) is 0. The van der Waals surface area contributed by atoms with Gasteiger partial charge in [-0.25, -0.2) is 0 Å². The van der Waals surface area contributed by atoms with Crippen LogP contribution in [0, 0.1) is 0 Å². The number of allylic oxidation sites excluding steroid dienone is 2. The molecule has 13 heavy (non-hydrogen) atoms. The highest BCUT2D eigenvalue weighted by Crippen LogP contribution is 2.13. The van der Waals surface area contributed by atoms with Crippen LogP contribution in [0.5, 0.6) is 0 Å². The number of rotatable bonds is 8. The minimum absolute atomic E-state index is 0.601. The second kappa shape index (κ2) is 10.3. The highest BCUT2D eigenvalue weighted by Gasteiger charge is 1.97. The van der Waals surface area contributed by atoms with Crippen LogP contribution in [0.2, 0.25) is 0 Å². The van der Waals surface area contributed by atoms with Gasteiger partial charge in [0.15, 0.2) is 0 Å². The normalized spacial score (nSPS) is 13.8. The summed E-state index contributed by atoms with van der Waals surface area (Å²) >= 11 is 3.63. The van der Waals surface area contributed by atoms with Gasteiger partial charge in [-0.05, 0) is 13.3 Å². The minimum Gasteiger partial charge on any atom is -0.0906 e. The van der Waals surface area contributed by atoms with E-state index in [-0.39, 0.29) is 0 Å². The van der Waals surface area contributed by atoms with E-state index in [9.17, 15) is 0 Å². The average Bonchev–Trinajstić information content (AvgIpc) is 2.11. The largest absolute Gasteiger partial charge is 0.0906 e. The van der Waals surface area contributed by atoms with Crippen molar-refractivity contribution in [1.82, 2.24) is 0 Å². The summed E-state index contributed by atoms with van der Waals surface area (Å²) in [4.78, 5) is 0.601. The molecule has 0 aliphatic rings. The fourth-order valence-corrected chi connectivity index (χ4v) is 2.05.